The molecule has 0 unspecified atom stereocenters. The van der Waals surface area contributed by atoms with Gasteiger partial charge in [-0.15, -0.1) is 0 Å². The molecule has 1 amide bonds. The van der Waals surface area contributed by atoms with E-state index in [0.29, 0.717) is 17.5 Å². The minimum atomic E-state index is 0.0244. The van der Waals surface area contributed by atoms with Crippen LogP contribution in [0.5, 0.6) is 0 Å². The molecule has 3 rings (SSSR count). The van der Waals surface area contributed by atoms with E-state index in [9.17, 15) is 4.79 Å². The highest BCUT2D eigenvalue weighted by atomic mass is 16.1. The highest BCUT2D eigenvalue weighted by molar-refractivity contribution is 5.93. The van der Waals surface area contributed by atoms with Crippen molar-refractivity contribution >= 4 is 5.91 Å². The summed E-state index contributed by atoms with van der Waals surface area (Å²) in [6, 6.07) is 0. The van der Waals surface area contributed by atoms with E-state index in [-0.39, 0.29) is 5.91 Å². The molecule has 4 nitrogen and oxygen atoms in total. The Kier molecular flexibility index (Phi) is 2.87. The molecule has 92 valence electrons. The lowest BCUT2D eigenvalue weighted by molar-refractivity contribution is 0.0932. The van der Waals surface area contributed by atoms with Crippen LogP contribution in [-0.4, -0.2) is 22.6 Å². The third-order valence-corrected chi connectivity index (χ3v) is 4.22. The van der Waals surface area contributed by atoms with Crippen LogP contribution in [0.3, 0.4) is 0 Å². The first kappa shape index (κ1) is 10.8. The Morgan fingerprint density at radius 3 is 2.71 bits per heavy atom. The highest BCUT2D eigenvalue weighted by Gasteiger charge is 2.26. The van der Waals surface area contributed by atoms with E-state index in [2.05, 4.69) is 15.5 Å². The zero-order valence-corrected chi connectivity index (χ0v) is 10.0. The van der Waals surface area contributed by atoms with Gasteiger partial charge in [0.15, 0.2) is 0 Å². The Labute approximate surface area is 101 Å². The summed E-state index contributed by atoms with van der Waals surface area (Å²) in [5.74, 6) is 1.28. The van der Waals surface area contributed by atoms with Crippen LogP contribution in [0.4, 0.5) is 0 Å². The summed E-state index contributed by atoms with van der Waals surface area (Å²) in [6.07, 6.45) is 9.33. The first-order valence-electron chi connectivity index (χ1n) is 6.66. The number of H-pyrrole nitrogens is 1. The van der Waals surface area contributed by atoms with Crippen molar-refractivity contribution in [2.75, 3.05) is 6.54 Å². The van der Waals surface area contributed by atoms with E-state index in [1.807, 2.05) is 6.20 Å². The molecule has 2 saturated carbocycles. The van der Waals surface area contributed by atoms with Crippen molar-refractivity contribution in [1.82, 2.24) is 15.5 Å². The SMILES string of the molecule is O=C(NCC1CCC1)c1[nH]ncc1C1CCC1. The molecule has 0 bridgehead atoms. The first-order valence-corrected chi connectivity index (χ1v) is 6.66. The molecule has 2 aliphatic carbocycles. The summed E-state index contributed by atoms with van der Waals surface area (Å²) in [6.45, 7) is 0.821. The van der Waals surface area contributed by atoms with Crippen molar-refractivity contribution in [2.45, 2.75) is 44.4 Å². The number of hydrogen-bond donors (Lipinski definition) is 2. The van der Waals surface area contributed by atoms with Gasteiger partial charge >= 0.3 is 0 Å². The highest BCUT2D eigenvalue weighted by Crippen LogP contribution is 2.37. The van der Waals surface area contributed by atoms with Crippen LogP contribution in [0.15, 0.2) is 6.20 Å². The zero-order chi connectivity index (χ0) is 11.7. The molecular formula is C13H19N3O. The fourth-order valence-electron chi connectivity index (χ4n) is 2.53. The van der Waals surface area contributed by atoms with Crippen LogP contribution in [0.1, 0.15) is 60.5 Å². The number of aromatic amines is 1. The summed E-state index contributed by atoms with van der Waals surface area (Å²) in [5, 5.41) is 9.89. The Morgan fingerprint density at radius 2 is 2.12 bits per heavy atom. The standard InChI is InChI=1S/C13H19N3O/c17-13(14-7-9-3-1-4-9)12-11(8-15-16-12)10-5-2-6-10/h8-10H,1-7H2,(H,14,17)(H,15,16). The van der Waals surface area contributed by atoms with E-state index in [1.54, 1.807) is 0 Å². The van der Waals surface area contributed by atoms with E-state index in [1.165, 1.54) is 38.5 Å². The van der Waals surface area contributed by atoms with E-state index >= 15 is 0 Å². The molecule has 2 N–H and O–H groups in total. The van der Waals surface area contributed by atoms with Crippen molar-refractivity contribution in [3.63, 3.8) is 0 Å². The van der Waals surface area contributed by atoms with Gasteiger partial charge in [-0.1, -0.05) is 12.8 Å². The van der Waals surface area contributed by atoms with E-state index in [4.69, 9.17) is 0 Å². The number of rotatable bonds is 4. The van der Waals surface area contributed by atoms with Gasteiger partial charge in [0.05, 0.1) is 6.20 Å². The zero-order valence-electron chi connectivity index (χ0n) is 10.0. The van der Waals surface area contributed by atoms with Crippen molar-refractivity contribution in [1.29, 1.82) is 0 Å². The maximum Gasteiger partial charge on any atom is 0.269 e. The first-order chi connectivity index (χ1) is 8.34. The second kappa shape index (κ2) is 4.51. The summed E-state index contributed by atoms with van der Waals surface area (Å²) < 4.78 is 0. The summed E-state index contributed by atoms with van der Waals surface area (Å²) in [5.41, 5.74) is 1.80. The van der Waals surface area contributed by atoms with Gasteiger partial charge in [0.1, 0.15) is 5.69 Å². The molecule has 2 aliphatic rings. The number of nitrogens with one attached hydrogen (secondary N) is 2. The van der Waals surface area contributed by atoms with Crippen LogP contribution in [0.25, 0.3) is 0 Å². The van der Waals surface area contributed by atoms with E-state index in [0.717, 1.165) is 12.1 Å². The molecule has 0 aromatic carbocycles. The van der Waals surface area contributed by atoms with Crippen LogP contribution < -0.4 is 5.32 Å². The molecule has 1 heterocycles. The fraction of sp³-hybridized carbons (Fsp3) is 0.692. The molecule has 0 aliphatic heterocycles. The minimum absolute atomic E-state index is 0.0244. The number of carbonyl (C=O) groups is 1. The van der Waals surface area contributed by atoms with Crippen molar-refractivity contribution in [2.24, 2.45) is 5.92 Å². The Balaban J connectivity index is 1.61. The predicted molar refractivity (Wildman–Crippen MR) is 64.9 cm³/mol. The van der Waals surface area contributed by atoms with E-state index < -0.39 is 0 Å². The molecule has 0 spiro atoms. The average Bonchev–Trinajstić information content (AvgIpc) is 2.61. The van der Waals surface area contributed by atoms with Crippen LogP contribution >= 0.6 is 0 Å². The Morgan fingerprint density at radius 1 is 1.35 bits per heavy atom. The number of aromatic nitrogens is 2. The van der Waals surface area contributed by atoms with Crippen LogP contribution in [0.2, 0.25) is 0 Å². The monoisotopic (exact) mass is 233 g/mol. The number of amides is 1. The maximum absolute atomic E-state index is 12.0. The maximum atomic E-state index is 12.0. The third-order valence-electron chi connectivity index (χ3n) is 4.22. The molecule has 0 atom stereocenters. The Bertz CT molecular complexity index is 405. The van der Waals surface area contributed by atoms with Gasteiger partial charge < -0.3 is 5.32 Å². The largest absolute Gasteiger partial charge is 0.350 e. The molecule has 0 saturated heterocycles. The van der Waals surface area contributed by atoms with Crippen LogP contribution in [0, 0.1) is 5.92 Å². The lowest BCUT2D eigenvalue weighted by Gasteiger charge is -2.26. The van der Waals surface area contributed by atoms with Gasteiger partial charge in [-0.2, -0.15) is 5.10 Å². The molecule has 2 fully saturated rings. The second-order valence-corrected chi connectivity index (χ2v) is 5.34. The lowest BCUT2D eigenvalue weighted by atomic mass is 9.80. The number of carbonyl (C=O) groups excluding carboxylic acids is 1. The summed E-state index contributed by atoms with van der Waals surface area (Å²) in [7, 11) is 0. The minimum Gasteiger partial charge on any atom is -0.350 e. The normalized spacial score (nSPS) is 20.7. The van der Waals surface area contributed by atoms with Crippen molar-refractivity contribution in [3.8, 4) is 0 Å². The Hall–Kier alpha value is -1.32. The average molecular weight is 233 g/mol. The molecule has 17 heavy (non-hydrogen) atoms. The van der Waals surface area contributed by atoms with Crippen molar-refractivity contribution in [3.05, 3.63) is 17.5 Å². The van der Waals surface area contributed by atoms with Gasteiger partial charge in [-0.25, -0.2) is 0 Å². The lowest BCUT2D eigenvalue weighted by Crippen LogP contribution is -2.33. The molecular weight excluding hydrogens is 214 g/mol. The van der Waals surface area contributed by atoms with Gasteiger partial charge in [-0.3, -0.25) is 9.89 Å². The summed E-state index contributed by atoms with van der Waals surface area (Å²) >= 11 is 0. The summed E-state index contributed by atoms with van der Waals surface area (Å²) in [4.78, 5) is 12.0. The van der Waals surface area contributed by atoms with Gasteiger partial charge in [0.25, 0.3) is 5.91 Å². The molecule has 1 aromatic rings. The number of nitrogens with zero attached hydrogens (tertiary/aromatic N) is 1. The van der Waals surface area contributed by atoms with Crippen LogP contribution in [-0.2, 0) is 0 Å². The topological polar surface area (TPSA) is 57.8 Å². The molecule has 0 radical (unpaired) electrons. The number of hydrogen-bond acceptors (Lipinski definition) is 2. The smallest absolute Gasteiger partial charge is 0.269 e. The van der Waals surface area contributed by atoms with Gasteiger partial charge in [-0.05, 0) is 37.5 Å². The quantitative estimate of drug-likeness (QED) is 0.837. The van der Waals surface area contributed by atoms with Crippen molar-refractivity contribution < 1.29 is 4.79 Å². The third kappa shape index (κ3) is 2.08. The molecule has 4 heteroatoms. The van der Waals surface area contributed by atoms with Gasteiger partial charge in [0, 0.05) is 12.1 Å². The molecule has 1 aromatic heterocycles. The van der Waals surface area contributed by atoms with Gasteiger partial charge in [0.2, 0.25) is 0 Å². The fourth-order valence-corrected chi connectivity index (χ4v) is 2.53. The predicted octanol–water partition coefficient (Wildman–Crippen LogP) is 2.21. The second-order valence-electron chi connectivity index (χ2n) is 5.34.